The molecule has 0 bridgehead atoms. The fraction of sp³-hybridized carbons (Fsp3) is 0.467. The SMILES string of the molecule is Cc1cc(C(=O)NCC2CNCC2O)c(C)n1-c1nccs1. The molecule has 1 saturated heterocycles. The van der Waals surface area contributed by atoms with Crippen molar-refractivity contribution in [3.05, 3.63) is 34.6 Å². The van der Waals surface area contributed by atoms with Crippen LogP contribution in [-0.4, -0.2) is 46.3 Å². The fourth-order valence-electron chi connectivity index (χ4n) is 2.86. The molecule has 0 saturated carbocycles. The Labute approximate surface area is 133 Å². The van der Waals surface area contributed by atoms with Gasteiger partial charge in [0.2, 0.25) is 0 Å². The molecule has 2 aromatic rings. The Kier molecular flexibility index (Phi) is 4.28. The van der Waals surface area contributed by atoms with Gasteiger partial charge in [0, 0.05) is 48.5 Å². The molecule has 6 nitrogen and oxygen atoms in total. The number of rotatable bonds is 4. The van der Waals surface area contributed by atoms with Gasteiger partial charge < -0.3 is 15.7 Å². The number of aliphatic hydroxyl groups is 1. The van der Waals surface area contributed by atoms with Crippen LogP contribution in [0.15, 0.2) is 17.6 Å². The molecular formula is C15H20N4O2S. The van der Waals surface area contributed by atoms with Gasteiger partial charge in [-0.25, -0.2) is 4.98 Å². The van der Waals surface area contributed by atoms with E-state index in [9.17, 15) is 9.90 Å². The average Bonchev–Trinajstić information content (AvgIpc) is 3.18. The highest BCUT2D eigenvalue weighted by molar-refractivity contribution is 7.12. The van der Waals surface area contributed by atoms with Gasteiger partial charge in [-0.05, 0) is 19.9 Å². The van der Waals surface area contributed by atoms with E-state index in [2.05, 4.69) is 15.6 Å². The van der Waals surface area contributed by atoms with Crippen LogP contribution in [-0.2, 0) is 0 Å². The maximum Gasteiger partial charge on any atom is 0.253 e. The minimum absolute atomic E-state index is 0.0754. The molecule has 7 heteroatoms. The lowest BCUT2D eigenvalue weighted by atomic mass is 10.1. The summed E-state index contributed by atoms with van der Waals surface area (Å²) in [7, 11) is 0. The number of amides is 1. The Morgan fingerprint density at radius 2 is 2.36 bits per heavy atom. The number of hydrogen-bond donors (Lipinski definition) is 3. The summed E-state index contributed by atoms with van der Waals surface area (Å²) in [6, 6.07) is 1.88. The average molecular weight is 320 g/mol. The normalized spacial score (nSPS) is 21.2. The van der Waals surface area contributed by atoms with Gasteiger partial charge in [-0.1, -0.05) is 0 Å². The third-order valence-electron chi connectivity index (χ3n) is 4.12. The largest absolute Gasteiger partial charge is 0.391 e. The van der Waals surface area contributed by atoms with Gasteiger partial charge in [-0.15, -0.1) is 11.3 Å². The molecule has 0 radical (unpaired) electrons. The maximum atomic E-state index is 12.4. The topological polar surface area (TPSA) is 79.2 Å². The zero-order valence-electron chi connectivity index (χ0n) is 12.7. The lowest BCUT2D eigenvalue weighted by Gasteiger charge is -2.14. The van der Waals surface area contributed by atoms with Crippen molar-refractivity contribution < 1.29 is 9.90 Å². The summed E-state index contributed by atoms with van der Waals surface area (Å²) in [6.07, 6.45) is 1.37. The first kappa shape index (κ1) is 15.2. The number of nitrogens with one attached hydrogen (secondary N) is 2. The first-order valence-electron chi connectivity index (χ1n) is 7.33. The number of aryl methyl sites for hydroxylation is 1. The number of carbonyl (C=O) groups is 1. The van der Waals surface area contributed by atoms with E-state index in [4.69, 9.17) is 0 Å². The van der Waals surface area contributed by atoms with E-state index in [1.807, 2.05) is 29.9 Å². The van der Waals surface area contributed by atoms with Crippen LogP contribution in [0.5, 0.6) is 0 Å². The molecular weight excluding hydrogens is 300 g/mol. The monoisotopic (exact) mass is 320 g/mol. The predicted molar refractivity (Wildman–Crippen MR) is 85.6 cm³/mol. The van der Waals surface area contributed by atoms with Crippen molar-refractivity contribution in [2.75, 3.05) is 19.6 Å². The van der Waals surface area contributed by atoms with Gasteiger partial charge in [0.25, 0.3) is 5.91 Å². The van der Waals surface area contributed by atoms with E-state index in [1.54, 1.807) is 17.5 Å². The molecule has 2 aromatic heterocycles. The second-order valence-electron chi connectivity index (χ2n) is 5.63. The van der Waals surface area contributed by atoms with Crippen LogP contribution in [0.2, 0.25) is 0 Å². The van der Waals surface area contributed by atoms with E-state index in [-0.39, 0.29) is 17.9 Å². The summed E-state index contributed by atoms with van der Waals surface area (Å²) in [5, 5.41) is 18.6. The van der Waals surface area contributed by atoms with Crippen molar-refractivity contribution in [1.82, 2.24) is 20.2 Å². The number of aliphatic hydroxyl groups excluding tert-OH is 1. The van der Waals surface area contributed by atoms with Gasteiger partial charge >= 0.3 is 0 Å². The van der Waals surface area contributed by atoms with Gasteiger partial charge in [0.05, 0.1) is 11.7 Å². The fourth-order valence-corrected chi connectivity index (χ4v) is 3.61. The smallest absolute Gasteiger partial charge is 0.253 e. The van der Waals surface area contributed by atoms with E-state index in [0.717, 1.165) is 23.1 Å². The summed E-state index contributed by atoms with van der Waals surface area (Å²) < 4.78 is 1.99. The van der Waals surface area contributed by atoms with Crippen LogP contribution in [0.3, 0.4) is 0 Å². The van der Waals surface area contributed by atoms with Gasteiger partial charge in [0.1, 0.15) is 0 Å². The summed E-state index contributed by atoms with van der Waals surface area (Å²) in [4.78, 5) is 16.7. The third kappa shape index (κ3) is 2.79. The van der Waals surface area contributed by atoms with Gasteiger partial charge in [-0.2, -0.15) is 0 Å². The molecule has 1 aliphatic rings. The lowest BCUT2D eigenvalue weighted by Crippen LogP contribution is -2.34. The summed E-state index contributed by atoms with van der Waals surface area (Å²) in [5.41, 5.74) is 2.53. The molecule has 0 aliphatic carbocycles. The second kappa shape index (κ2) is 6.20. The molecule has 0 spiro atoms. The molecule has 3 rings (SSSR count). The zero-order valence-corrected chi connectivity index (χ0v) is 13.5. The van der Waals surface area contributed by atoms with Crippen molar-refractivity contribution in [2.45, 2.75) is 20.0 Å². The van der Waals surface area contributed by atoms with Crippen LogP contribution in [0.4, 0.5) is 0 Å². The zero-order chi connectivity index (χ0) is 15.7. The lowest BCUT2D eigenvalue weighted by molar-refractivity contribution is 0.0926. The van der Waals surface area contributed by atoms with Crippen molar-refractivity contribution in [3.8, 4) is 5.13 Å². The predicted octanol–water partition coefficient (Wildman–Crippen LogP) is 0.861. The molecule has 2 unspecified atom stereocenters. The summed E-state index contributed by atoms with van der Waals surface area (Å²) in [6.45, 7) is 5.71. The van der Waals surface area contributed by atoms with Crippen LogP contribution >= 0.6 is 11.3 Å². The van der Waals surface area contributed by atoms with E-state index in [1.165, 1.54) is 0 Å². The molecule has 3 heterocycles. The number of nitrogens with zero attached hydrogens (tertiary/aromatic N) is 2. The van der Waals surface area contributed by atoms with Crippen LogP contribution in [0.1, 0.15) is 21.7 Å². The third-order valence-corrected chi connectivity index (χ3v) is 4.87. The molecule has 0 aromatic carbocycles. The number of β-amino-alcohol motifs (C(OH)–C–C–N with tert-alkyl or cyclic N) is 1. The van der Waals surface area contributed by atoms with Crippen LogP contribution < -0.4 is 10.6 Å². The van der Waals surface area contributed by atoms with E-state index in [0.29, 0.717) is 18.7 Å². The molecule has 118 valence electrons. The maximum absolute atomic E-state index is 12.4. The molecule has 1 aliphatic heterocycles. The first-order valence-corrected chi connectivity index (χ1v) is 8.21. The molecule has 22 heavy (non-hydrogen) atoms. The highest BCUT2D eigenvalue weighted by Crippen LogP contribution is 2.22. The standard InChI is InChI=1S/C15H20N4O2S/c1-9-5-12(10(2)19(9)15-17-3-4-22-15)14(21)18-7-11-6-16-8-13(11)20/h3-5,11,13,16,20H,6-8H2,1-2H3,(H,18,21). The highest BCUT2D eigenvalue weighted by Gasteiger charge is 2.26. The number of aromatic nitrogens is 2. The molecule has 1 fully saturated rings. The molecule has 3 N–H and O–H groups in total. The number of hydrogen-bond acceptors (Lipinski definition) is 5. The number of carbonyl (C=O) groups excluding carboxylic acids is 1. The summed E-state index contributed by atoms with van der Waals surface area (Å²) >= 11 is 1.54. The quantitative estimate of drug-likeness (QED) is 0.781. The Balaban J connectivity index is 1.74. The highest BCUT2D eigenvalue weighted by atomic mass is 32.1. The van der Waals surface area contributed by atoms with Gasteiger partial charge in [0.15, 0.2) is 5.13 Å². The number of thiazole rings is 1. The second-order valence-corrected chi connectivity index (χ2v) is 6.50. The van der Waals surface area contributed by atoms with Crippen molar-refractivity contribution in [3.63, 3.8) is 0 Å². The minimum Gasteiger partial charge on any atom is -0.391 e. The molecule has 1 amide bonds. The van der Waals surface area contributed by atoms with E-state index < -0.39 is 0 Å². The first-order chi connectivity index (χ1) is 10.6. The Morgan fingerprint density at radius 3 is 3.00 bits per heavy atom. The van der Waals surface area contributed by atoms with Crippen LogP contribution in [0, 0.1) is 19.8 Å². The van der Waals surface area contributed by atoms with Gasteiger partial charge in [-0.3, -0.25) is 9.36 Å². The summed E-state index contributed by atoms with van der Waals surface area (Å²) in [5.74, 6) is -0.0265. The van der Waals surface area contributed by atoms with E-state index >= 15 is 0 Å². The van der Waals surface area contributed by atoms with Crippen molar-refractivity contribution >= 4 is 17.2 Å². The minimum atomic E-state index is -0.386. The Hall–Kier alpha value is -1.70. The van der Waals surface area contributed by atoms with Crippen molar-refractivity contribution in [1.29, 1.82) is 0 Å². The Morgan fingerprint density at radius 1 is 1.55 bits per heavy atom. The Bertz CT molecular complexity index is 665. The molecule has 2 atom stereocenters. The van der Waals surface area contributed by atoms with Crippen molar-refractivity contribution in [2.24, 2.45) is 5.92 Å². The van der Waals surface area contributed by atoms with Crippen LogP contribution in [0.25, 0.3) is 5.13 Å².